The first kappa shape index (κ1) is 19.7. The van der Waals surface area contributed by atoms with Crippen LogP contribution in [0.1, 0.15) is 27.3 Å². The summed E-state index contributed by atoms with van der Waals surface area (Å²) in [5.74, 6) is -0.642. The van der Waals surface area contributed by atoms with Gasteiger partial charge in [-0.1, -0.05) is 12.1 Å². The molecule has 1 amide bonds. The van der Waals surface area contributed by atoms with Gasteiger partial charge in [-0.2, -0.15) is 26.3 Å². The lowest BCUT2D eigenvalue weighted by Crippen LogP contribution is -2.27. The summed E-state index contributed by atoms with van der Waals surface area (Å²) >= 11 is 0. The maximum Gasteiger partial charge on any atom is 0.416 e. The zero-order chi connectivity index (χ0) is 20.7. The van der Waals surface area contributed by atoms with E-state index in [1.54, 1.807) is 24.3 Å². The molecule has 148 valence electrons. The van der Waals surface area contributed by atoms with Gasteiger partial charge in [-0.25, -0.2) is 4.98 Å². The minimum atomic E-state index is -5.02. The summed E-state index contributed by atoms with van der Waals surface area (Å²) in [6, 6.07) is 7.79. The van der Waals surface area contributed by atoms with E-state index in [2.05, 4.69) is 9.97 Å². The monoisotopic (exact) mass is 401 g/mol. The molecule has 3 aromatic rings. The Morgan fingerprint density at radius 1 is 1.00 bits per heavy atom. The Labute approximate surface area is 154 Å². The van der Waals surface area contributed by atoms with E-state index < -0.39 is 35.0 Å². The van der Waals surface area contributed by atoms with Crippen LogP contribution in [0, 0.1) is 0 Å². The number of H-pyrrole nitrogens is 1. The van der Waals surface area contributed by atoms with Gasteiger partial charge in [0, 0.05) is 12.6 Å². The molecular formula is C18H13F6N3O. The second kappa shape index (κ2) is 6.84. The van der Waals surface area contributed by atoms with Crippen LogP contribution in [0.25, 0.3) is 11.0 Å². The zero-order valence-electron chi connectivity index (χ0n) is 14.3. The summed E-state index contributed by atoms with van der Waals surface area (Å²) in [5, 5.41) is 0. The Bertz CT molecular complexity index is 957. The van der Waals surface area contributed by atoms with E-state index >= 15 is 0 Å². The topological polar surface area (TPSA) is 49.0 Å². The Morgan fingerprint density at radius 2 is 1.57 bits per heavy atom. The highest BCUT2D eigenvalue weighted by molar-refractivity contribution is 5.94. The second-order valence-electron chi connectivity index (χ2n) is 6.16. The van der Waals surface area contributed by atoms with E-state index in [9.17, 15) is 31.1 Å². The number of carbonyl (C=O) groups is 1. The zero-order valence-corrected chi connectivity index (χ0v) is 14.3. The third kappa shape index (κ3) is 4.10. The lowest BCUT2D eigenvalue weighted by molar-refractivity contribution is -0.143. The number of fused-ring (bicyclic) bond motifs is 1. The van der Waals surface area contributed by atoms with Crippen molar-refractivity contribution in [1.82, 2.24) is 14.9 Å². The van der Waals surface area contributed by atoms with Crippen molar-refractivity contribution in [3.63, 3.8) is 0 Å². The van der Waals surface area contributed by atoms with Gasteiger partial charge in [0.15, 0.2) is 0 Å². The van der Waals surface area contributed by atoms with Crippen LogP contribution in [0.3, 0.4) is 0 Å². The van der Waals surface area contributed by atoms with Crippen LogP contribution >= 0.6 is 0 Å². The molecule has 0 radical (unpaired) electrons. The van der Waals surface area contributed by atoms with E-state index in [0.29, 0.717) is 29.0 Å². The van der Waals surface area contributed by atoms with Crippen LogP contribution in [0.15, 0.2) is 42.5 Å². The first-order valence-corrected chi connectivity index (χ1v) is 7.94. The lowest BCUT2D eigenvalue weighted by atomic mass is 10.0. The molecule has 1 aromatic heterocycles. The highest BCUT2D eigenvalue weighted by atomic mass is 19.4. The number of hydrogen-bond acceptors (Lipinski definition) is 2. The molecule has 0 bridgehead atoms. The van der Waals surface area contributed by atoms with Gasteiger partial charge in [0.25, 0.3) is 5.91 Å². The van der Waals surface area contributed by atoms with Crippen molar-refractivity contribution in [2.45, 2.75) is 18.9 Å². The first-order chi connectivity index (χ1) is 12.9. The van der Waals surface area contributed by atoms with Crippen LogP contribution in [0.2, 0.25) is 0 Å². The molecule has 0 aliphatic heterocycles. The van der Waals surface area contributed by atoms with Crippen molar-refractivity contribution >= 4 is 16.9 Å². The normalized spacial score (nSPS) is 12.4. The summed E-state index contributed by atoms with van der Waals surface area (Å²) < 4.78 is 77.8. The maximum atomic E-state index is 13.0. The fourth-order valence-electron chi connectivity index (χ4n) is 2.68. The Kier molecular flexibility index (Phi) is 4.82. The molecule has 0 aliphatic carbocycles. The van der Waals surface area contributed by atoms with Crippen LogP contribution in [0.4, 0.5) is 26.3 Å². The molecule has 2 aromatic carbocycles. The number of hydrogen-bond donors (Lipinski definition) is 1. The van der Waals surface area contributed by atoms with Crippen LogP contribution in [-0.4, -0.2) is 27.8 Å². The summed E-state index contributed by atoms with van der Waals surface area (Å²) in [7, 11) is 1.27. The molecule has 1 N–H and O–H groups in total. The predicted molar refractivity (Wildman–Crippen MR) is 88.3 cm³/mol. The third-order valence-electron chi connectivity index (χ3n) is 4.01. The molecule has 0 saturated carbocycles. The van der Waals surface area contributed by atoms with Gasteiger partial charge in [0.05, 0.1) is 28.7 Å². The number of nitrogens with zero attached hydrogens (tertiary/aromatic N) is 2. The molecular weight excluding hydrogens is 388 g/mol. The van der Waals surface area contributed by atoms with Crippen molar-refractivity contribution in [3.8, 4) is 0 Å². The summed E-state index contributed by atoms with van der Waals surface area (Å²) in [6.45, 7) is -0.120. The van der Waals surface area contributed by atoms with E-state index in [4.69, 9.17) is 0 Å². The molecule has 0 atom stereocenters. The Balaban J connectivity index is 1.91. The molecule has 28 heavy (non-hydrogen) atoms. The Morgan fingerprint density at radius 3 is 2.11 bits per heavy atom. The van der Waals surface area contributed by atoms with E-state index in [1.807, 2.05) is 0 Å². The summed E-state index contributed by atoms with van der Waals surface area (Å²) in [4.78, 5) is 20.6. The highest BCUT2D eigenvalue weighted by Gasteiger charge is 2.37. The SMILES string of the molecule is CN(Cc1nc2ccccc2[nH]1)C(=O)c1cc(C(F)(F)F)cc(C(F)(F)F)c1. The van der Waals surface area contributed by atoms with Crippen molar-refractivity contribution in [2.75, 3.05) is 7.05 Å². The molecule has 0 fully saturated rings. The van der Waals surface area contributed by atoms with Gasteiger partial charge in [0.1, 0.15) is 5.82 Å². The molecule has 0 aliphatic rings. The van der Waals surface area contributed by atoms with Crippen LogP contribution in [0.5, 0.6) is 0 Å². The summed E-state index contributed by atoms with van der Waals surface area (Å²) in [5.41, 5.74) is -2.47. The van der Waals surface area contributed by atoms with Crippen LogP contribution < -0.4 is 0 Å². The largest absolute Gasteiger partial charge is 0.416 e. The van der Waals surface area contributed by atoms with Crippen LogP contribution in [-0.2, 0) is 18.9 Å². The number of alkyl halides is 6. The molecule has 0 saturated heterocycles. The van der Waals surface area contributed by atoms with Crippen molar-refractivity contribution in [1.29, 1.82) is 0 Å². The molecule has 10 heteroatoms. The number of amides is 1. The molecule has 0 spiro atoms. The van der Waals surface area contributed by atoms with E-state index in [-0.39, 0.29) is 12.6 Å². The van der Waals surface area contributed by atoms with Gasteiger partial charge in [-0.05, 0) is 30.3 Å². The number of nitrogens with one attached hydrogen (secondary N) is 1. The van der Waals surface area contributed by atoms with Crippen molar-refractivity contribution < 1.29 is 31.1 Å². The van der Waals surface area contributed by atoms with Gasteiger partial charge < -0.3 is 9.88 Å². The first-order valence-electron chi connectivity index (χ1n) is 7.94. The number of aromatic amines is 1. The quantitative estimate of drug-likeness (QED) is 0.637. The number of para-hydroxylation sites is 2. The van der Waals surface area contributed by atoms with Crippen molar-refractivity contribution in [2.24, 2.45) is 0 Å². The number of rotatable bonds is 3. The third-order valence-corrected chi connectivity index (χ3v) is 4.01. The summed E-state index contributed by atoms with van der Waals surface area (Å²) in [6.07, 6.45) is -10.0. The standard InChI is InChI=1S/C18H13F6N3O/c1-27(9-15-25-13-4-2-3-5-14(13)26-15)16(28)10-6-11(17(19,20)21)8-12(7-10)18(22,23)24/h2-8H,9H2,1H3,(H,25,26). The molecule has 3 rings (SSSR count). The predicted octanol–water partition coefficient (Wildman–Crippen LogP) is 4.87. The number of carbonyl (C=O) groups excluding carboxylic acids is 1. The maximum absolute atomic E-state index is 13.0. The highest BCUT2D eigenvalue weighted by Crippen LogP contribution is 2.36. The van der Waals surface area contributed by atoms with E-state index in [0.717, 1.165) is 4.90 Å². The minimum Gasteiger partial charge on any atom is -0.340 e. The van der Waals surface area contributed by atoms with Gasteiger partial charge in [-0.15, -0.1) is 0 Å². The minimum absolute atomic E-state index is 0.0178. The average Bonchev–Trinajstić information content (AvgIpc) is 3.01. The second-order valence-corrected chi connectivity index (χ2v) is 6.16. The number of benzene rings is 2. The molecule has 1 heterocycles. The molecule has 4 nitrogen and oxygen atoms in total. The molecule has 0 unspecified atom stereocenters. The number of aromatic nitrogens is 2. The fourth-order valence-corrected chi connectivity index (χ4v) is 2.68. The number of imidazole rings is 1. The smallest absolute Gasteiger partial charge is 0.340 e. The van der Waals surface area contributed by atoms with E-state index in [1.165, 1.54) is 7.05 Å². The van der Waals surface area contributed by atoms with Gasteiger partial charge in [-0.3, -0.25) is 4.79 Å². The average molecular weight is 401 g/mol. The Hall–Kier alpha value is -3.04. The lowest BCUT2D eigenvalue weighted by Gasteiger charge is -2.18. The van der Waals surface area contributed by atoms with Gasteiger partial charge >= 0.3 is 12.4 Å². The van der Waals surface area contributed by atoms with Gasteiger partial charge in [0.2, 0.25) is 0 Å². The van der Waals surface area contributed by atoms with Crippen molar-refractivity contribution in [3.05, 3.63) is 65.0 Å². The number of halogens is 6. The fraction of sp³-hybridized carbons (Fsp3) is 0.222.